The highest BCUT2D eigenvalue weighted by Gasteiger charge is 2.18. The summed E-state index contributed by atoms with van der Waals surface area (Å²) in [5, 5.41) is 10.6. The summed E-state index contributed by atoms with van der Waals surface area (Å²) in [6.45, 7) is 3.48. The fourth-order valence-corrected chi connectivity index (χ4v) is 5.03. The van der Waals surface area contributed by atoms with E-state index in [1.54, 1.807) is 0 Å². The van der Waals surface area contributed by atoms with Crippen LogP contribution in [0.3, 0.4) is 0 Å². The van der Waals surface area contributed by atoms with E-state index in [4.69, 9.17) is 19.4 Å². The second kappa shape index (κ2) is 10.7. The maximum atomic E-state index is 8.36. The number of ether oxygens (including phenoxy) is 2. The van der Waals surface area contributed by atoms with E-state index in [1.807, 2.05) is 6.07 Å². The van der Waals surface area contributed by atoms with E-state index in [9.17, 15) is 0 Å². The van der Waals surface area contributed by atoms with Crippen molar-refractivity contribution in [2.75, 3.05) is 36.2 Å². The zero-order chi connectivity index (χ0) is 17.2. The monoisotopic (exact) mass is 371 g/mol. The molecule has 7 heteroatoms. The molecule has 0 amide bonds. The van der Waals surface area contributed by atoms with Crippen molar-refractivity contribution >= 4 is 30.0 Å². The third kappa shape index (κ3) is 6.11. The lowest BCUT2D eigenvalue weighted by atomic mass is 10.1. The fraction of sp³-hybridized carbons (Fsp3) is 0.588. The van der Waals surface area contributed by atoms with E-state index in [2.05, 4.69) is 47.9 Å². The fourth-order valence-electron chi connectivity index (χ4n) is 2.61. The standard InChI is InChI=1S/C16H23NO2S2.CH2O2/c1-12(17-14-10-20-7-8-21-11-14)13-3-4-15-16(9-13)19-6-2-5-18-15;2-1-3/h3-4,9,12,14,17H,2,5-8,10-11H2,1H3;1H,(H,2,3). The van der Waals surface area contributed by atoms with Crippen molar-refractivity contribution in [3.05, 3.63) is 23.8 Å². The van der Waals surface area contributed by atoms with Crippen LogP contribution < -0.4 is 14.8 Å². The van der Waals surface area contributed by atoms with Gasteiger partial charge in [0.2, 0.25) is 0 Å². The number of carbonyl (C=O) groups is 1. The summed E-state index contributed by atoms with van der Waals surface area (Å²) >= 11 is 4.12. The van der Waals surface area contributed by atoms with Crippen LogP contribution in [0.2, 0.25) is 0 Å². The molecule has 0 radical (unpaired) electrons. The third-order valence-corrected chi connectivity index (χ3v) is 6.29. The molecule has 5 nitrogen and oxygen atoms in total. The Balaban J connectivity index is 0.000000647. The first-order valence-electron chi connectivity index (χ1n) is 8.13. The van der Waals surface area contributed by atoms with E-state index >= 15 is 0 Å². The van der Waals surface area contributed by atoms with Gasteiger partial charge in [-0.25, -0.2) is 0 Å². The average molecular weight is 372 g/mol. The van der Waals surface area contributed by atoms with Crippen molar-refractivity contribution in [1.82, 2.24) is 5.32 Å². The first-order valence-corrected chi connectivity index (χ1v) is 10.4. The Kier molecular flexibility index (Phi) is 8.63. The smallest absolute Gasteiger partial charge is 0.290 e. The van der Waals surface area contributed by atoms with E-state index in [0.717, 1.165) is 31.1 Å². The molecule has 1 atom stereocenters. The van der Waals surface area contributed by atoms with E-state index in [0.29, 0.717) is 12.1 Å². The molecule has 0 bridgehead atoms. The van der Waals surface area contributed by atoms with Gasteiger partial charge in [-0.05, 0) is 24.6 Å². The van der Waals surface area contributed by atoms with E-state index in [-0.39, 0.29) is 6.47 Å². The molecule has 2 N–H and O–H groups in total. The molecule has 1 saturated heterocycles. The molecule has 24 heavy (non-hydrogen) atoms. The van der Waals surface area contributed by atoms with Gasteiger partial charge in [-0.1, -0.05) is 6.07 Å². The Morgan fingerprint density at radius 3 is 2.50 bits per heavy atom. The molecule has 2 aliphatic rings. The van der Waals surface area contributed by atoms with E-state index in [1.165, 1.54) is 28.6 Å². The average Bonchev–Trinajstić information content (AvgIpc) is 2.97. The number of hydrogen-bond donors (Lipinski definition) is 2. The minimum absolute atomic E-state index is 0.250. The number of benzene rings is 1. The molecule has 2 aliphatic heterocycles. The lowest BCUT2D eigenvalue weighted by Crippen LogP contribution is -2.35. The molecule has 3 rings (SSSR count). The lowest BCUT2D eigenvalue weighted by molar-refractivity contribution is -0.122. The second-order valence-corrected chi connectivity index (χ2v) is 7.90. The van der Waals surface area contributed by atoms with Crippen LogP contribution >= 0.6 is 23.5 Å². The van der Waals surface area contributed by atoms with Crippen LogP contribution in [0.5, 0.6) is 11.5 Å². The molecular formula is C17H25NO4S2. The summed E-state index contributed by atoms with van der Waals surface area (Å²) in [5.74, 6) is 6.75. The van der Waals surface area contributed by atoms with Crippen LogP contribution in [0, 0.1) is 0 Å². The molecule has 1 unspecified atom stereocenters. The van der Waals surface area contributed by atoms with Gasteiger partial charge in [-0.15, -0.1) is 0 Å². The van der Waals surface area contributed by atoms with Crippen LogP contribution in [0.4, 0.5) is 0 Å². The number of thioether (sulfide) groups is 2. The molecule has 1 fully saturated rings. The van der Waals surface area contributed by atoms with Gasteiger partial charge in [0.1, 0.15) is 0 Å². The molecule has 1 aromatic carbocycles. The van der Waals surface area contributed by atoms with Crippen molar-refractivity contribution in [2.45, 2.75) is 25.4 Å². The summed E-state index contributed by atoms with van der Waals surface area (Å²) in [6, 6.07) is 7.27. The molecule has 0 aliphatic carbocycles. The summed E-state index contributed by atoms with van der Waals surface area (Å²) in [4.78, 5) is 8.36. The van der Waals surface area contributed by atoms with Crippen molar-refractivity contribution in [3.8, 4) is 11.5 Å². The highest BCUT2D eigenvalue weighted by atomic mass is 32.2. The van der Waals surface area contributed by atoms with Crippen LogP contribution in [0.15, 0.2) is 18.2 Å². The Morgan fingerprint density at radius 2 is 1.83 bits per heavy atom. The normalized spacial score (nSPS) is 19.2. The lowest BCUT2D eigenvalue weighted by Gasteiger charge is -2.22. The van der Waals surface area contributed by atoms with Crippen LogP contribution in [0.25, 0.3) is 0 Å². The quantitative estimate of drug-likeness (QED) is 0.792. The van der Waals surface area contributed by atoms with Gasteiger partial charge in [-0.3, -0.25) is 4.79 Å². The minimum atomic E-state index is -0.250. The summed E-state index contributed by atoms with van der Waals surface area (Å²) in [5.41, 5.74) is 1.28. The van der Waals surface area contributed by atoms with Gasteiger partial charge < -0.3 is 19.9 Å². The predicted octanol–water partition coefficient (Wildman–Crippen LogP) is 3.05. The van der Waals surface area contributed by atoms with Crippen LogP contribution in [-0.4, -0.2) is 53.8 Å². The number of carboxylic acid groups (broad SMARTS) is 1. The molecule has 0 spiro atoms. The predicted molar refractivity (Wildman–Crippen MR) is 101 cm³/mol. The summed E-state index contributed by atoms with van der Waals surface area (Å²) in [6.07, 6.45) is 0.953. The van der Waals surface area contributed by atoms with E-state index < -0.39 is 0 Å². The Labute approximate surface area is 151 Å². The Hall–Kier alpha value is -1.05. The van der Waals surface area contributed by atoms with Gasteiger partial charge in [0.15, 0.2) is 11.5 Å². The first-order chi connectivity index (χ1) is 11.7. The number of rotatable bonds is 3. The van der Waals surface area contributed by atoms with Gasteiger partial charge in [-0.2, -0.15) is 23.5 Å². The highest BCUT2D eigenvalue weighted by molar-refractivity contribution is 8.03. The first kappa shape index (κ1) is 19.3. The summed E-state index contributed by atoms with van der Waals surface area (Å²) < 4.78 is 11.5. The third-order valence-electron chi connectivity index (χ3n) is 3.77. The van der Waals surface area contributed by atoms with Crippen molar-refractivity contribution < 1.29 is 19.4 Å². The minimum Gasteiger partial charge on any atom is -0.490 e. The van der Waals surface area contributed by atoms with Crippen LogP contribution in [0.1, 0.15) is 24.9 Å². The number of fused-ring (bicyclic) bond motifs is 1. The molecule has 0 saturated carbocycles. The zero-order valence-corrected chi connectivity index (χ0v) is 15.5. The SMILES string of the molecule is CC(NC1CSCCSC1)c1ccc2c(c1)OCCCO2.O=CO. The maximum absolute atomic E-state index is 8.36. The molecule has 134 valence electrons. The molecule has 2 heterocycles. The van der Waals surface area contributed by atoms with Gasteiger partial charge in [0.25, 0.3) is 6.47 Å². The van der Waals surface area contributed by atoms with Crippen LogP contribution in [-0.2, 0) is 4.79 Å². The van der Waals surface area contributed by atoms with Crippen molar-refractivity contribution in [2.24, 2.45) is 0 Å². The number of nitrogens with one attached hydrogen (secondary N) is 1. The largest absolute Gasteiger partial charge is 0.490 e. The number of hydrogen-bond acceptors (Lipinski definition) is 6. The van der Waals surface area contributed by atoms with Gasteiger partial charge in [0, 0.05) is 41.5 Å². The molecule has 0 aromatic heterocycles. The summed E-state index contributed by atoms with van der Waals surface area (Å²) in [7, 11) is 0. The second-order valence-electron chi connectivity index (χ2n) is 5.60. The van der Waals surface area contributed by atoms with Crippen molar-refractivity contribution in [1.29, 1.82) is 0 Å². The highest BCUT2D eigenvalue weighted by Crippen LogP contribution is 2.32. The molecular weight excluding hydrogens is 346 g/mol. The maximum Gasteiger partial charge on any atom is 0.290 e. The van der Waals surface area contributed by atoms with Gasteiger partial charge >= 0.3 is 0 Å². The van der Waals surface area contributed by atoms with Crippen molar-refractivity contribution in [3.63, 3.8) is 0 Å². The Morgan fingerprint density at radius 1 is 1.21 bits per heavy atom. The van der Waals surface area contributed by atoms with Gasteiger partial charge in [0.05, 0.1) is 13.2 Å². The molecule has 1 aromatic rings. The Bertz CT molecular complexity index is 507. The topological polar surface area (TPSA) is 67.8 Å². The zero-order valence-electron chi connectivity index (χ0n) is 13.9.